The standard InChI is InChI=1S/C16H18ClN5O/c1-4-21-11(3)12(10(2)19-21)9-18-16(23)15-14(17)13-7-5-6-8-22(13)20-15/h5-8H,4,9H2,1-3H3,(H,18,23). The van der Waals surface area contributed by atoms with Gasteiger partial charge in [0.15, 0.2) is 5.69 Å². The number of fused-ring (bicyclic) bond motifs is 1. The number of hydrogen-bond acceptors (Lipinski definition) is 3. The van der Waals surface area contributed by atoms with Crippen molar-refractivity contribution in [3.05, 3.63) is 52.1 Å². The van der Waals surface area contributed by atoms with Crippen LogP contribution in [0, 0.1) is 13.8 Å². The molecule has 3 heterocycles. The van der Waals surface area contributed by atoms with Crippen molar-refractivity contribution in [2.24, 2.45) is 0 Å². The van der Waals surface area contributed by atoms with Crippen LogP contribution in [0.1, 0.15) is 34.4 Å². The van der Waals surface area contributed by atoms with Crippen LogP contribution in [-0.4, -0.2) is 25.3 Å². The highest BCUT2D eigenvalue weighted by Crippen LogP contribution is 2.21. The van der Waals surface area contributed by atoms with E-state index in [1.54, 1.807) is 10.7 Å². The Morgan fingerprint density at radius 3 is 2.74 bits per heavy atom. The Balaban J connectivity index is 1.82. The molecule has 23 heavy (non-hydrogen) atoms. The zero-order valence-electron chi connectivity index (χ0n) is 13.3. The summed E-state index contributed by atoms with van der Waals surface area (Å²) in [6.07, 6.45) is 1.76. The fourth-order valence-electron chi connectivity index (χ4n) is 2.66. The molecule has 0 radical (unpaired) electrons. The van der Waals surface area contributed by atoms with Gasteiger partial charge >= 0.3 is 0 Å². The minimum atomic E-state index is -0.290. The third-order valence-corrected chi connectivity index (χ3v) is 4.32. The average molecular weight is 332 g/mol. The number of rotatable bonds is 4. The second kappa shape index (κ2) is 6.04. The summed E-state index contributed by atoms with van der Waals surface area (Å²) < 4.78 is 3.53. The van der Waals surface area contributed by atoms with E-state index >= 15 is 0 Å². The van der Waals surface area contributed by atoms with Crippen molar-refractivity contribution >= 4 is 23.0 Å². The molecule has 0 atom stereocenters. The smallest absolute Gasteiger partial charge is 0.273 e. The minimum absolute atomic E-state index is 0.232. The van der Waals surface area contributed by atoms with Crippen LogP contribution in [0.2, 0.25) is 5.02 Å². The molecule has 1 amide bonds. The lowest BCUT2D eigenvalue weighted by atomic mass is 10.2. The highest BCUT2D eigenvalue weighted by atomic mass is 35.5. The maximum atomic E-state index is 12.4. The first-order chi connectivity index (χ1) is 11.0. The third kappa shape index (κ3) is 2.70. The fourth-order valence-corrected chi connectivity index (χ4v) is 2.94. The van der Waals surface area contributed by atoms with E-state index in [1.165, 1.54) is 0 Å². The first-order valence-electron chi connectivity index (χ1n) is 7.46. The lowest BCUT2D eigenvalue weighted by Crippen LogP contribution is -2.24. The molecule has 3 aromatic rings. The molecule has 0 spiro atoms. The van der Waals surface area contributed by atoms with Crippen LogP contribution in [0.25, 0.3) is 5.52 Å². The van der Waals surface area contributed by atoms with E-state index < -0.39 is 0 Å². The SMILES string of the molecule is CCn1nc(C)c(CNC(=O)c2nn3ccccc3c2Cl)c1C. The number of hydrogen-bond donors (Lipinski definition) is 1. The van der Waals surface area contributed by atoms with Gasteiger partial charge in [-0.25, -0.2) is 4.52 Å². The van der Waals surface area contributed by atoms with E-state index in [1.807, 2.05) is 43.7 Å². The maximum Gasteiger partial charge on any atom is 0.273 e. The van der Waals surface area contributed by atoms with E-state index in [9.17, 15) is 4.79 Å². The molecule has 0 saturated carbocycles. The van der Waals surface area contributed by atoms with Gasteiger partial charge in [-0.1, -0.05) is 17.7 Å². The van der Waals surface area contributed by atoms with Crippen molar-refractivity contribution in [1.82, 2.24) is 24.7 Å². The first kappa shape index (κ1) is 15.6. The van der Waals surface area contributed by atoms with Gasteiger partial charge in [0.1, 0.15) is 0 Å². The van der Waals surface area contributed by atoms with Gasteiger partial charge < -0.3 is 5.32 Å². The summed E-state index contributed by atoms with van der Waals surface area (Å²) >= 11 is 6.26. The van der Waals surface area contributed by atoms with E-state index in [2.05, 4.69) is 15.5 Å². The zero-order valence-corrected chi connectivity index (χ0v) is 14.1. The number of carbonyl (C=O) groups is 1. The molecule has 0 saturated heterocycles. The summed E-state index contributed by atoms with van der Waals surface area (Å²) in [6, 6.07) is 5.52. The molecule has 0 unspecified atom stereocenters. The van der Waals surface area contributed by atoms with Crippen LogP contribution in [0.4, 0.5) is 0 Å². The quantitative estimate of drug-likeness (QED) is 0.799. The Morgan fingerprint density at radius 1 is 1.30 bits per heavy atom. The first-order valence-corrected chi connectivity index (χ1v) is 7.84. The summed E-state index contributed by atoms with van der Waals surface area (Å²) in [5.41, 5.74) is 3.96. The van der Waals surface area contributed by atoms with Crippen LogP contribution in [-0.2, 0) is 13.1 Å². The van der Waals surface area contributed by atoms with Gasteiger partial charge in [-0.05, 0) is 32.9 Å². The van der Waals surface area contributed by atoms with E-state index in [0.717, 1.165) is 23.5 Å². The molecule has 0 aliphatic rings. The number of aryl methyl sites for hydroxylation is 2. The number of halogens is 1. The number of amides is 1. The topological polar surface area (TPSA) is 64.2 Å². The Labute approximate surface area is 139 Å². The summed E-state index contributed by atoms with van der Waals surface area (Å²) in [6.45, 7) is 7.19. The van der Waals surface area contributed by atoms with Crippen LogP contribution < -0.4 is 5.32 Å². The summed E-state index contributed by atoms with van der Waals surface area (Å²) in [5.74, 6) is -0.290. The van der Waals surface area contributed by atoms with Crippen LogP contribution in [0.5, 0.6) is 0 Å². The summed E-state index contributed by atoms with van der Waals surface area (Å²) in [4.78, 5) is 12.4. The molecule has 0 aromatic carbocycles. The van der Waals surface area contributed by atoms with E-state index in [4.69, 9.17) is 11.6 Å². The van der Waals surface area contributed by atoms with Crippen molar-refractivity contribution in [2.75, 3.05) is 0 Å². The minimum Gasteiger partial charge on any atom is -0.346 e. The molecule has 3 aromatic heterocycles. The maximum absolute atomic E-state index is 12.4. The third-order valence-electron chi connectivity index (χ3n) is 3.95. The Bertz CT molecular complexity index is 880. The average Bonchev–Trinajstić information content (AvgIpc) is 3.03. The molecule has 120 valence electrons. The van der Waals surface area contributed by atoms with Crippen LogP contribution in [0.15, 0.2) is 24.4 Å². The molecule has 0 aliphatic carbocycles. The second-order valence-corrected chi connectivity index (χ2v) is 5.72. The second-order valence-electron chi connectivity index (χ2n) is 5.34. The molecule has 3 rings (SSSR count). The van der Waals surface area contributed by atoms with Crippen molar-refractivity contribution in [3.8, 4) is 0 Å². The number of pyridine rings is 1. The van der Waals surface area contributed by atoms with Gasteiger partial charge in [0, 0.05) is 30.5 Å². The van der Waals surface area contributed by atoms with Crippen molar-refractivity contribution in [2.45, 2.75) is 33.9 Å². The van der Waals surface area contributed by atoms with E-state index in [-0.39, 0.29) is 11.6 Å². The summed E-state index contributed by atoms with van der Waals surface area (Å²) in [7, 11) is 0. The molecular formula is C16H18ClN5O. The Morgan fingerprint density at radius 2 is 2.09 bits per heavy atom. The fraction of sp³-hybridized carbons (Fsp3) is 0.312. The molecule has 7 heteroatoms. The number of nitrogens with one attached hydrogen (secondary N) is 1. The van der Waals surface area contributed by atoms with Crippen LogP contribution in [0.3, 0.4) is 0 Å². The number of carbonyl (C=O) groups excluding carboxylic acids is 1. The van der Waals surface area contributed by atoms with Gasteiger partial charge in [-0.3, -0.25) is 9.48 Å². The molecule has 0 fully saturated rings. The van der Waals surface area contributed by atoms with Gasteiger partial charge in [0.2, 0.25) is 0 Å². The molecule has 6 nitrogen and oxygen atoms in total. The van der Waals surface area contributed by atoms with Crippen molar-refractivity contribution < 1.29 is 4.79 Å². The van der Waals surface area contributed by atoms with Gasteiger partial charge in [0.25, 0.3) is 5.91 Å². The molecule has 1 N–H and O–H groups in total. The normalized spacial score (nSPS) is 11.1. The molecular weight excluding hydrogens is 314 g/mol. The largest absolute Gasteiger partial charge is 0.346 e. The van der Waals surface area contributed by atoms with Crippen molar-refractivity contribution in [1.29, 1.82) is 0 Å². The molecule has 0 bridgehead atoms. The summed E-state index contributed by atoms with van der Waals surface area (Å²) in [5, 5.41) is 11.9. The predicted octanol–water partition coefficient (Wildman–Crippen LogP) is 2.75. The van der Waals surface area contributed by atoms with Gasteiger partial charge in [-0.15, -0.1) is 0 Å². The van der Waals surface area contributed by atoms with Gasteiger partial charge in [0.05, 0.1) is 16.2 Å². The highest BCUT2D eigenvalue weighted by Gasteiger charge is 2.18. The Hall–Kier alpha value is -2.34. The highest BCUT2D eigenvalue weighted by molar-refractivity contribution is 6.36. The van der Waals surface area contributed by atoms with E-state index in [0.29, 0.717) is 17.1 Å². The lowest BCUT2D eigenvalue weighted by molar-refractivity contribution is 0.0945. The van der Waals surface area contributed by atoms with Crippen molar-refractivity contribution in [3.63, 3.8) is 0 Å². The monoisotopic (exact) mass is 331 g/mol. The number of nitrogens with zero attached hydrogens (tertiary/aromatic N) is 4. The molecule has 0 aliphatic heterocycles. The predicted molar refractivity (Wildman–Crippen MR) is 88.7 cm³/mol. The zero-order chi connectivity index (χ0) is 16.6. The van der Waals surface area contributed by atoms with Crippen LogP contribution >= 0.6 is 11.6 Å². The lowest BCUT2D eigenvalue weighted by Gasteiger charge is -2.05. The van der Waals surface area contributed by atoms with Gasteiger partial charge in [-0.2, -0.15) is 10.2 Å². The Kier molecular flexibility index (Phi) is 4.09. The number of aromatic nitrogens is 4.